The van der Waals surface area contributed by atoms with Crippen LogP contribution in [0.4, 0.5) is 5.95 Å². The molecular formula is C11H17N3O2. The topological polar surface area (TPSA) is 64.1 Å². The third kappa shape index (κ3) is 4.25. The Bertz CT molecular complexity index is 372. The normalized spacial score (nSPS) is 11.0. The summed E-state index contributed by atoms with van der Waals surface area (Å²) in [5, 5.41) is 2.63. The molecule has 0 aliphatic carbocycles. The number of carbonyl (C=O) groups is 1. The van der Waals surface area contributed by atoms with Gasteiger partial charge < -0.3 is 4.74 Å². The molecule has 1 aromatic rings. The molecule has 0 aliphatic rings. The summed E-state index contributed by atoms with van der Waals surface area (Å²) in [7, 11) is 1.52. The van der Waals surface area contributed by atoms with Crippen LogP contribution in [0.5, 0.6) is 5.88 Å². The van der Waals surface area contributed by atoms with Gasteiger partial charge in [0.05, 0.1) is 7.11 Å². The van der Waals surface area contributed by atoms with Crippen molar-refractivity contribution in [2.75, 3.05) is 12.4 Å². The maximum absolute atomic E-state index is 11.6. The van der Waals surface area contributed by atoms with E-state index in [1.54, 1.807) is 12.3 Å². The van der Waals surface area contributed by atoms with Crippen LogP contribution in [0.2, 0.25) is 0 Å². The highest BCUT2D eigenvalue weighted by atomic mass is 16.5. The monoisotopic (exact) mass is 223 g/mol. The highest BCUT2D eigenvalue weighted by Gasteiger charge is 2.16. The fourth-order valence-electron chi connectivity index (χ4n) is 1.17. The summed E-state index contributed by atoms with van der Waals surface area (Å²) in [6.45, 7) is 6.00. The molecule has 88 valence electrons. The number of rotatable bonds is 3. The largest absolute Gasteiger partial charge is 0.481 e. The lowest BCUT2D eigenvalue weighted by Crippen LogP contribution is -2.20. The maximum atomic E-state index is 11.6. The molecule has 0 spiro atoms. The van der Waals surface area contributed by atoms with Gasteiger partial charge in [-0.3, -0.25) is 10.1 Å². The zero-order valence-electron chi connectivity index (χ0n) is 10.1. The Morgan fingerprint density at radius 1 is 1.50 bits per heavy atom. The van der Waals surface area contributed by atoms with E-state index in [-0.39, 0.29) is 17.3 Å². The lowest BCUT2D eigenvalue weighted by molar-refractivity contribution is -0.117. The summed E-state index contributed by atoms with van der Waals surface area (Å²) in [5.41, 5.74) is -0.0526. The van der Waals surface area contributed by atoms with Gasteiger partial charge in [-0.1, -0.05) is 20.8 Å². The van der Waals surface area contributed by atoms with E-state index < -0.39 is 0 Å². The van der Waals surface area contributed by atoms with Gasteiger partial charge in [-0.15, -0.1) is 0 Å². The van der Waals surface area contributed by atoms with Crippen molar-refractivity contribution in [3.05, 3.63) is 12.3 Å². The van der Waals surface area contributed by atoms with Gasteiger partial charge in [-0.25, -0.2) is 4.98 Å². The number of hydrogen-bond acceptors (Lipinski definition) is 4. The van der Waals surface area contributed by atoms with Crippen molar-refractivity contribution in [1.82, 2.24) is 9.97 Å². The van der Waals surface area contributed by atoms with Crippen LogP contribution in [0, 0.1) is 5.41 Å². The summed E-state index contributed by atoms with van der Waals surface area (Å²) in [6.07, 6.45) is 1.96. The molecule has 0 bridgehead atoms. The molecule has 0 saturated carbocycles. The van der Waals surface area contributed by atoms with Gasteiger partial charge in [0, 0.05) is 18.7 Å². The number of nitrogens with one attached hydrogen (secondary N) is 1. The van der Waals surface area contributed by atoms with E-state index >= 15 is 0 Å². The second-order valence-electron chi connectivity index (χ2n) is 4.71. The van der Waals surface area contributed by atoms with Crippen molar-refractivity contribution in [1.29, 1.82) is 0 Å². The molecular weight excluding hydrogens is 206 g/mol. The molecule has 1 aromatic heterocycles. The van der Waals surface area contributed by atoms with E-state index in [9.17, 15) is 4.79 Å². The molecule has 1 rings (SSSR count). The number of amides is 1. The van der Waals surface area contributed by atoms with E-state index in [0.29, 0.717) is 12.3 Å². The van der Waals surface area contributed by atoms with Crippen molar-refractivity contribution in [2.24, 2.45) is 5.41 Å². The molecule has 0 unspecified atom stereocenters. The summed E-state index contributed by atoms with van der Waals surface area (Å²) in [6, 6.07) is 1.62. The first kappa shape index (κ1) is 12.4. The van der Waals surface area contributed by atoms with Crippen molar-refractivity contribution < 1.29 is 9.53 Å². The number of ether oxygens (including phenoxy) is 1. The Labute approximate surface area is 95.3 Å². The van der Waals surface area contributed by atoms with E-state index in [1.165, 1.54) is 7.11 Å². The fourth-order valence-corrected chi connectivity index (χ4v) is 1.17. The van der Waals surface area contributed by atoms with Crippen LogP contribution in [0.1, 0.15) is 27.2 Å². The molecule has 1 heterocycles. The van der Waals surface area contributed by atoms with Crippen LogP contribution in [0.15, 0.2) is 12.3 Å². The first-order valence-corrected chi connectivity index (χ1v) is 5.07. The van der Waals surface area contributed by atoms with Gasteiger partial charge in [0.1, 0.15) is 0 Å². The van der Waals surface area contributed by atoms with Crippen LogP contribution in [0.25, 0.3) is 0 Å². The molecule has 0 saturated heterocycles. The Hall–Kier alpha value is -1.65. The zero-order chi connectivity index (χ0) is 12.2. The predicted molar refractivity (Wildman–Crippen MR) is 61.3 cm³/mol. The van der Waals surface area contributed by atoms with Crippen molar-refractivity contribution in [2.45, 2.75) is 27.2 Å². The zero-order valence-corrected chi connectivity index (χ0v) is 10.1. The fraction of sp³-hybridized carbons (Fsp3) is 0.545. The average molecular weight is 223 g/mol. The molecule has 0 atom stereocenters. The summed E-state index contributed by atoms with van der Waals surface area (Å²) >= 11 is 0. The molecule has 0 fully saturated rings. The smallest absolute Gasteiger partial charge is 0.232 e. The van der Waals surface area contributed by atoms with Gasteiger partial charge >= 0.3 is 0 Å². The highest BCUT2D eigenvalue weighted by molar-refractivity contribution is 5.89. The highest BCUT2D eigenvalue weighted by Crippen LogP contribution is 2.19. The van der Waals surface area contributed by atoms with E-state index in [1.807, 2.05) is 20.8 Å². The predicted octanol–water partition coefficient (Wildman–Crippen LogP) is 1.86. The second kappa shape index (κ2) is 4.92. The molecule has 0 aromatic carbocycles. The Kier molecular flexibility index (Phi) is 3.82. The first-order valence-electron chi connectivity index (χ1n) is 5.07. The van der Waals surface area contributed by atoms with Gasteiger partial charge in [-0.05, 0) is 5.41 Å². The SMILES string of the molecule is COc1ccnc(NC(=O)CC(C)(C)C)n1. The van der Waals surface area contributed by atoms with Gasteiger partial charge in [0.25, 0.3) is 0 Å². The first-order chi connectivity index (χ1) is 7.40. The van der Waals surface area contributed by atoms with Crippen LogP contribution < -0.4 is 10.1 Å². The average Bonchev–Trinajstić information content (AvgIpc) is 2.15. The maximum Gasteiger partial charge on any atom is 0.232 e. The number of methoxy groups -OCH3 is 1. The quantitative estimate of drug-likeness (QED) is 0.849. The van der Waals surface area contributed by atoms with Crippen LogP contribution in [0.3, 0.4) is 0 Å². The van der Waals surface area contributed by atoms with Crippen molar-refractivity contribution in [3.63, 3.8) is 0 Å². The molecule has 0 radical (unpaired) electrons. The summed E-state index contributed by atoms with van der Waals surface area (Å²) in [4.78, 5) is 19.5. The molecule has 5 heteroatoms. The van der Waals surface area contributed by atoms with Crippen molar-refractivity contribution >= 4 is 11.9 Å². The number of hydrogen-bond donors (Lipinski definition) is 1. The standard InChI is InChI=1S/C11H17N3O2/c1-11(2,3)7-8(15)13-10-12-6-5-9(14-10)16-4/h5-6H,7H2,1-4H3,(H,12,13,14,15). The lowest BCUT2D eigenvalue weighted by Gasteiger charge is -2.16. The summed E-state index contributed by atoms with van der Waals surface area (Å²) < 4.78 is 4.93. The number of aromatic nitrogens is 2. The lowest BCUT2D eigenvalue weighted by atomic mass is 9.92. The molecule has 1 N–H and O–H groups in total. The number of anilines is 1. The minimum Gasteiger partial charge on any atom is -0.481 e. The van der Waals surface area contributed by atoms with Gasteiger partial charge in [-0.2, -0.15) is 4.98 Å². The number of carbonyl (C=O) groups excluding carboxylic acids is 1. The van der Waals surface area contributed by atoms with E-state index in [4.69, 9.17) is 4.74 Å². The van der Waals surface area contributed by atoms with Crippen molar-refractivity contribution in [3.8, 4) is 5.88 Å². The molecule has 0 aliphatic heterocycles. The minimum atomic E-state index is -0.0965. The van der Waals surface area contributed by atoms with Gasteiger partial charge in [0.15, 0.2) is 0 Å². The number of nitrogens with zero attached hydrogens (tertiary/aromatic N) is 2. The Morgan fingerprint density at radius 2 is 2.19 bits per heavy atom. The third-order valence-corrected chi connectivity index (χ3v) is 1.78. The third-order valence-electron chi connectivity index (χ3n) is 1.78. The Morgan fingerprint density at radius 3 is 2.75 bits per heavy atom. The minimum absolute atomic E-state index is 0.0526. The molecule has 16 heavy (non-hydrogen) atoms. The molecule has 5 nitrogen and oxygen atoms in total. The Balaban J connectivity index is 2.62. The van der Waals surface area contributed by atoms with Crippen LogP contribution in [-0.2, 0) is 4.79 Å². The molecule has 1 amide bonds. The van der Waals surface area contributed by atoms with Crippen LogP contribution >= 0.6 is 0 Å². The summed E-state index contributed by atoms with van der Waals surface area (Å²) in [5.74, 6) is 0.607. The van der Waals surface area contributed by atoms with E-state index in [2.05, 4.69) is 15.3 Å². The van der Waals surface area contributed by atoms with Crippen LogP contribution in [-0.4, -0.2) is 23.0 Å². The second-order valence-corrected chi connectivity index (χ2v) is 4.71. The van der Waals surface area contributed by atoms with Gasteiger partial charge in [0.2, 0.25) is 17.7 Å². The van der Waals surface area contributed by atoms with E-state index in [0.717, 1.165) is 0 Å².